The summed E-state index contributed by atoms with van der Waals surface area (Å²) in [5.74, 6) is 0. The molecule has 0 amide bonds. The van der Waals surface area contributed by atoms with Crippen molar-refractivity contribution in [2.24, 2.45) is 0 Å². The lowest BCUT2D eigenvalue weighted by Gasteiger charge is -2.15. The Bertz CT molecular complexity index is 358. The van der Waals surface area contributed by atoms with E-state index in [0.717, 1.165) is 29.2 Å². The summed E-state index contributed by atoms with van der Waals surface area (Å²) >= 11 is 5.89. The molecule has 0 heterocycles. The van der Waals surface area contributed by atoms with Crippen molar-refractivity contribution >= 4 is 17.3 Å². The highest BCUT2D eigenvalue weighted by Crippen LogP contribution is 2.19. The average Bonchev–Trinajstić information content (AvgIpc) is 2.33. The molecule has 1 aromatic rings. The molecule has 3 N–H and O–H groups in total. The SMILES string of the molecule is CCCCNCC(O)CNc1ccc(Cl)cc1C. The lowest BCUT2D eigenvalue weighted by Crippen LogP contribution is -2.32. The van der Waals surface area contributed by atoms with Crippen molar-refractivity contribution in [2.75, 3.05) is 25.0 Å². The molecule has 0 bridgehead atoms. The number of benzene rings is 1. The summed E-state index contributed by atoms with van der Waals surface area (Å²) in [5, 5.41) is 17.0. The number of aliphatic hydroxyl groups is 1. The van der Waals surface area contributed by atoms with Crippen molar-refractivity contribution in [3.63, 3.8) is 0 Å². The molecule has 0 aromatic heterocycles. The van der Waals surface area contributed by atoms with Gasteiger partial charge in [-0.25, -0.2) is 0 Å². The molecule has 1 aromatic carbocycles. The van der Waals surface area contributed by atoms with Crippen LogP contribution in [0, 0.1) is 6.92 Å². The molecular formula is C14H23ClN2O. The minimum absolute atomic E-state index is 0.378. The van der Waals surface area contributed by atoms with Crippen LogP contribution in [0.1, 0.15) is 25.3 Å². The quantitative estimate of drug-likeness (QED) is 0.637. The summed E-state index contributed by atoms with van der Waals surface area (Å²) in [6, 6.07) is 5.70. The lowest BCUT2D eigenvalue weighted by atomic mass is 10.2. The van der Waals surface area contributed by atoms with Gasteiger partial charge in [-0.1, -0.05) is 24.9 Å². The van der Waals surface area contributed by atoms with Gasteiger partial charge in [0.05, 0.1) is 6.10 Å². The third-order valence-electron chi connectivity index (χ3n) is 2.80. The van der Waals surface area contributed by atoms with Gasteiger partial charge in [-0.05, 0) is 43.7 Å². The summed E-state index contributed by atoms with van der Waals surface area (Å²) in [6.45, 7) is 6.29. The van der Waals surface area contributed by atoms with E-state index in [0.29, 0.717) is 13.1 Å². The zero-order valence-electron chi connectivity index (χ0n) is 11.2. The average molecular weight is 271 g/mol. The third kappa shape index (κ3) is 5.71. The van der Waals surface area contributed by atoms with Crippen molar-refractivity contribution in [3.05, 3.63) is 28.8 Å². The summed E-state index contributed by atoms with van der Waals surface area (Å²) in [4.78, 5) is 0. The van der Waals surface area contributed by atoms with E-state index >= 15 is 0 Å². The molecule has 0 saturated carbocycles. The molecule has 1 unspecified atom stereocenters. The Morgan fingerprint density at radius 2 is 2.11 bits per heavy atom. The van der Waals surface area contributed by atoms with E-state index in [9.17, 15) is 5.11 Å². The maximum Gasteiger partial charge on any atom is 0.0836 e. The zero-order valence-corrected chi connectivity index (χ0v) is 11.9. The maximum absolute atomic E-state index is 9.80. The fraction of sp³-hybridized carbons (Fsp3) is 0.571. The highest BCUT2D eigenvalue weighted by molar-refractivity contribution is 6.30. The molecule has 0 saturated heterocycles. The van der Waals surface area contributed by atoms with Crippen molar-refractivity contribution in [2.45, 2.75) is 32.8 Å². The van der Waals surface area contributed by atoms with Crippen LogP contribution in [0.4, 0.5) is 5.69 Å². The first kappa shape index (κ1) is 15.3. The number of rotatable bonds is 8. The van der Waals surface area contributed by atoms with E-state index in [1.165, 1.54) is 6.42 Å². The fourth-order valence-electron chi connectivity index (χ4n) is 1.70. The van der Waals surface area contributed by atoms with Crippen LogP contribution < -0.4 is 10.6 Å². The van der Waals surface area contributed by atoms with Gasteiger partial charge in [0, 0.05) is 23.8 Å². The number of unbranched alkanes of at least 4 members (excludes halogenated alkanes) is 1. The maximum atomic E-state index is 9.80. The Kier molecular flexibility index (Phi) is 7.09. The second kappa shape index (κ2) is 8.35. The van der Waals surface area contributed by atoms with Gasteiger partial charge in [0.1, 0.15) is 0 Å². The monoisotopic (exact) mass is 270 g/mol. The van der Waals surface area contributed by atoms with E-state index in [2.05, 4.69) is 17.6 Å². The van der Waals surface area contributed by atoms with Gasteiger partial charge in [-0.2, -0.15) is 0 Å². The molecule has 0 aliphatic heterocycles. The summed E-state index contributed by atoms with van der Waals surface area (Å²) in [7, 11) is 0. The Morgan fingerprint density at radius 3 is 2.78 bits per heavy atom. The van der Waals surface area contributed by atoms with E-state index in [-0.39, 0.29) is 6.10 Å². The van der Waals surface area contributed by atoms with E-state index in [4.69, 9.17) is 11.6 Å². The van der Waals surface area contributed by atoms with Crippen LogP contribution in [-0.2, 0) is 0 Å². The second-order valence-corrected chi connectivity index (χ2v) is 4.99. The normalized spacial score (nSPS) is 12.4. The Morgan fingerprint density at radius 1 is 1.33 bits per heavy atom. The Balaban J connectivity index is 2.27. The van der Waals surface area contributed by atoms with Crippen LogP contribution in [0.25, 0.3) is 0 Å². The minimum Gasteiger partial charge on any atom is -0.390 e. The van der Waals surface area contributed by atoms with Crippen LogP contribution in [0.5, 0.6) is 0 Å². The second-order valence-electron chi connectivity index (χ2n) is 4.55. The van der Waals surface area contributed by atoms with Gasteiger partial charge in [-0.3, -0.25) is 0 Å². The largest absolute Gasteiger partial charge is 0.390 e. The first-order valence-electron chi connectivity index (χ1n) is 6.52. The van der Waals surface area contributed by atoms with Gasteiger partial charge in [-0.15, -0.1) is 0 Å². The molecule has 0 aliphatic rings. The highest BCUT2D eigenvalue weighted by Gasteiger charge is 2.04. The predicted octanol–water partition coefficient (Wildman–Crippen LogP) is 2.81. The molecule has 102 valence electrons. The number of aliphatic hydroxyl groups excluding tert-OH is 1. The van der Waals surface area contributed by atoms with Gasteiger partial charge in [0.25, 0.3) is 0 Å². The Labute approximate surface area is 115 Å². The molecule has 0 spiro atoms. The van der Waals surface area contributed by atoms with Crippen LogP contribution >= 0.6 is 11.6 Å². The first-order valence-corrected chi connectivity index (χ1v) is 6.90. The standard InChI is InChI=1S/C14H23ClN2O/c1-3-4-7-16-9-13(18)10-17-14-6-5-12(15)8-11(14)2/h5-6,8,13,16-18H,3-4,7,9-10H2,1-2H3. The van der Waals surface area contributed by atoms with Crippen molar-refractivity contribution in [1.82, 2.24) is 5.32 Å². The van der Waals surface area contributed by atoms with Crippen molar-refractivity contribution < 1.29 is 5.11 Å². The molecule has 0 radical (unpaired) electrons. The molecule has 0 aliphatic carbocycles. The van der Waals surface area contributed by atoms with E-state index in [1.807, 2.05) is 25.1 Å². The van der Waals surface area contributed by atoms with Crippen LogP contribution in [-0.4, -0.2) is 30.8 Å². The van der Waals surface area contributed by atoms with Crippen molar-refractivity contribution in [1.29, 1.82) is 0 Å². The molecule has 4 heteroatoms. The molecular weight excluding hydrogens is 248 g/mol. The topological polar surface area (TPSA) is 44.3 Å². The smallest absolute Gasteiger partial charge is 0.0836 e. The number of aryl methyl sites for hydroxylation is 1. The van der Waals surface area contributed by atoms with Gasteiger partial charge in [0.2, 0.25) is 0 Å². The van der Waals surface area contributed by atoms with Crippen LogP contribution in [0.15, 0.2) is 18.2 Å². The summed E-state index contributed by atoms with van der Waals surface area (Å²) < 4.78 is 0. The number of hydrogen-bond acceptors (Lipinski definition) is 3. The highest BCUT2D eigenvalue weighted by atomic mass is 35.5. The minimum atomic E-state index is -0.378. The van der Waals surface area contributed by atoms with Crippen molar-refractivity contribution in [3.8, 4) is 0 Å². The van der Waals surface area contributed by atoms with Crippen LogP contribution in [0.3, 0.4) is 0 Å². The Hall–Kier alpha value is -0.770. The number of halogens is 1. The summed E-state index contributed by atoms with van der Waals surface area (Å²) in [5.41, 5.74) is 2.11. The van der Waals surface area contributed by atoms with E-state index < -0.39 is 0 Å². The van der Waals surface area contributed by atoms with Gasteiger partial charge in [0.15, 0.2) is 0 Å². The molecule has 1 atom stereocenters. The zero-order chi connectivity index (χ0) is 13.4. The molecule has 3 nitrogen and oxygen atoms in total. The number of hydrogen-bond donors (Lipinski definition) is 3. The molecule has 1 rings (SSSR count). The van der Waals surface area contributed by atoms with Gasteiger partial charge < -0.3 is 15.7 Å². The fourth-order valence-corrected chi connectivity index (χ4v) is 1.92. The molecule has 0 fully saturated rings. The molecule has 18 heavy (non-hydrogen) atoms. The number of nitrogens with one attached hydrogen (secondary N) is 2. The number of anilines is 1. The van der Waals surface area contributed by atoms with E-state index in [1.54, 1.807) is 0 Å². The van der Waals surface area contributed by atoms with Crippen LogP contribution in [0.2, 0.25) is 5.02 Å². The third-order valence-corrected chi connectivity index (χ3v) is 3.04. The predicted molar refractivity (Wildman–Crippen MR) is 78.5 cm³/mol. The van der Waals surface area contributed by atoms with Gasteiger partial charge >= 0.3 is 0 Å². The summed E-state index contributed by atoms with van der Waals surface area (Å²) in [6.07, 6.45) is 1.94. The first-order chi connectivity index (χ1) is 8.63. The lowest BCUT2D eigenvalue weighted by molar-refractivity contribution is 0.184.